The molecule has 6 heteroatoms. The molecule has 2 atom stereocenters. The lowest BCUT2D eigenvalue weighted by molar-refractivity contribution is 0.156. The summed E-state index contributed by atoms with van der Waals surface area (Å²) in [4.78, 5) is 0. The Kier molecular flexibility index (Phi) is 6.55. The Balaban J connectivity index is 2.35. The van der Waals surface area contributed by atoms with Crippen molar-refractivity contribution < 1.29 is 13.2 Å². The lowest BCUT2D eigenvalue weighted by Crippen LogP contribution is -2.41. The van der Waals surface area contributed by atoms with Gasteiger partial charge in [0.1, 0.15) is 0 Å². The monoisotopic (exact) mass is 278 g/mol. The molecule has 18 heavy (non-hydrogen) atoms. The molecule has 1 fully saturated rings. The smallest absolute Gasteiger partial charge is 0.214 e. The molecular formula is C12H26N2O3S. The van der Waals surface area contributed by atoms with Crippen LogP contribution in [-0.4, -0.2) is 40.0 Å². The van der Waals surface area contributed by atoms with Gasteiger partial charge in [-0.1, -0.05) is 13.8 Å². The molecule has 0 aromatic heterocycles. The van der Waals surface area contributed by atoms with Crippen LogP contribution in [0, 0.1) is 11.8 Å². The van der Waals surface area contributed by atoms with Gasteiger partial charge in [-0.05, 0) is 31.1 Å². The molecule has 2 unspecified atom stereocenters. The van der Waals surface area contributed by atoms with E-state index in [9.17, 15) is 8.42 Å². The van der Waals surface area contributed by atoms with Crippen LogP contribution in [0.15, 0.2) is 0 Å². The van der Waals surface area contributed by atoms with Crippen LogP contribution in [0.4, 0.5) is 0 Å². The Morgan fingerprint density at radius 2 is 1.78 bits per heavy atom. The Morgan fingerprint density at radius 1 is 1.17 bits per heavy atom. The molecule has 0 aliphatic heterocycles. The van der Waals surface area contributed by atoms with E-state index in [0.29, 0.717) is 25.0 Å². The minimum atomic E-state index is -3.22. The maximum Gasteiger partial charge on any atom is 0.214 e. The van der Waals surface area contributed by atoms with E-state index in [0.717, 1.165) is 12.8 Å². The lowest BCUT2D eigenvalue weighted by atomic mass is 9.81. The van der Waals surface area contributed by atoms with E-state index < -0.39 is 10.0 Å². The van der Waals surface area contributed by atoms with Crippen LogP contribution in [0.1, 0.15) is 33.1 Å². The van der Waals surface area contributed by atoms with Gasteiger partial charge in [0.25, 0.3) is 0 Å². The topological polar surface area (TPSA) is 81.4 Å². The van der Waals surface area contributed by atoms with Crippen molar-refractivity contribution in [2.45, 2.75) is 39.2 Å². The summed E-state index contributed by atoms with van der Waals surface area (Å²) in [6.07, 6.45) is 3.07. The molecule has 0 heterocycles. The minimum Gasteiger partial charge on any atom is -0.379 e. The molecule has 5 nitrogen and oxygen atoms in total. The van der Waals surface area contributed by atoms with E-state index in [1.807, 2.05) is 0 Å². The second kappa shape index (κ2) is 7.43. The Bertz CT molecular complexity index is 322. The molecule has 0 saturated heterocycles. The summed E-state index contributed by atoms with van der Waals surface area (Å²) in [7, 11) is -3.22. The molecule has 3 N–H and O–H groups in total. The lowest BCUT2D eigenvalue weighted by Gasteiger charge is -2.31. The molecule has 0 aromatic rings. The molecule has 0 spiro atoms. The summed E-state index contributed by atoms with van der Waals surface area (Å²) in [6, 6.07) is 0.0864. The highest BCUT2D eigenvalue weighted by Crippen LogP contribution is 2.28. The summed E-state index contributed by atoms with van der Waals surface area (Å²) < 4.78 is 31.6. The highest BCUT2D eigenvalue weighted by atomic mass is 32.2. The number of hydrogen-bond donors (Lipinski definition) is 2. The van der Waals surface area contributed by atoms with Gasteiger partial charge in [0, 0.05) is 12.6 Å². The molecule has 108 valence electrons. The van der Waals surface area contributed by atoms with Crippen LogP contribution in [0.3, 0.4) is 0 Å². The first-order valence-electron chi connectivity index (χ1n) is 6.70. The number of hydrogen-bond acceptors (Lipinski definition) is 4. The zero-order valence-electron chi connectivity index (χ0n) is 11.4. The average molecular weight is 278 g/mol. The van der Waals surface area contributed by atoms with Crippen LogP contribution in [0.25, 0.3) is 0 Å². The molecule has 0 radical (unpaired) electrons. The highest BCUT2D eigenvalue weighted by molar-refractivity contribution is 7.89. The van der Waals surface area contributed by atoms with Gasteiger partial charge in [-0.25, -0.2) is 13.1 Å². The summed E-state index contributed by atoms with van der Waals surface area (Å²) in [5.74, 6) is 1.21. The molecule has 0 bridgehead atoms. The quantitative estimate of drug-likeness (QED) is 0.672. The molecule has 1 aliphatic rings. The van der Waals surface area contributed by atoms with Crippen molar-refractivity contribution in [3.63, 3.8) is 0 Å². The fourth-order valence-corrected chi connectivity index (χ4v) is 3.87. The second-order valence-corrected chi connectivity index (χ2v) is 7.33. The number of ether oxygens (including phenoxy) is 1. The van der Waals surface area contributed by atoms with Crippen LogP contribution in [-0.2, 0) is 14.8 Å². The summed E-state index contributed by atoms with van der Waals surface area (Å²) in [5, 5.41) is 0. The zero-order valence-corrected chi connectivity index (χ0v) is 12.2. The van der Waals surface area contributed by atoms with Gasteiger partial charge in [0.05, 0.1) is 19.0 Å². The Hall–Kier alpha value is -0.170. The van der Waals surface area contributed by atoms with Gasteiger partial charge >= 0.3 is 0 Å². The first-order chi connectivity index (χ1) is 8.43. The van der Waals surface area contributed by atoms with Crippen molar-refractivity contribution in [1.82, 2.24) is 4.72 Å². The number of sulfonamides is 1. The number of rotatable bonds is 7. The largest absolute Gasteiger partial charge is 0.379 e. The molecule has 1 aliphatic carbocycles. The molecule has 0 aromatic carbocycles. The maximum atomic E-state index is 11.9. The van der Waals surface area contributed by atoms with Crippen molar-refractivity contribution in [1.29, 1.82) is 0 Å². The van der Waals surface area contributed by atoms with E-state index in [-0.39, 0.29) is 18.4 Å². The molecule has 0 amide bonds. The number of nitrogens with two attached hydrogens (primary N) is 1. The van der Waals surface area contributed by atoms with E-state index in [4.69, 9.17) is 10.5 Å². The van der Waals surface area contributed by atoms with Gasteiger partial charge in [0.2, 0.25) is 10.0 Å². The molecule has 1 rings (SSSR count). The summed E-state index contributed by atoms with van der Waals surface area (Å²) in [5.41, 5.74) is 5.27. The molecular weight excluding hydrogens is 252 g/mol. The molecule has 1 saturated carbocycles. The number of nitrogens with one attached hydrogen (secondary N) is 1. The van der Waals surface area contributed by atoms with Gasteiger partial charge in [-0.2, -0.15) is 0 Å². The summed E-state index contributed by atoms with van der Waals surface area (Å²) in [6.45, 7) is 5.41. The summed E-state index contributed by atoms with van der Waals surface area (Å²) >= 11 is 0. The van der Waals surface area contributed by atoms with E-state index in [1.54, 1.807) is 0 Å². The minimum absolute atomic E-state index is 0.0201. The van der Waals surface area contributed by atoms with Gasteiger partial charge in [-0.15, -0.1) is 0 Å². The third kappa shape index (κ3) is 6.13. The van der Waals surface area contributed by atoms with Gasteiger partial charge in [-0.3, -0.25) is 0 Å². The Morgan fingerprint density at radius 3 is 2.33 bits per heavy atom. The van der Waals surface area contributed by atoms with Crippen LogP contribution >= 0.6 is 0 Å². The predicted molar refractivity (Wildman–Crippen MR) is 72.8 cm³/mol. The van der Waals surface area contributed by atoms with Crippen LogP contribution in [0.5, 0.6) is 0 Å². The average Bonchev–Trinajstić information content (AvgIpc) is 2.22. The van der Waals surface area contributed by atoms with E-state index in [1.165, 1.54) is 6.42 Å². The van der Waals surface area contributed by atoms with Crippen molar-refractivity contribution in [3.05, 3.63) is 0 Å². The fourth-order valence-electron chi connectivity index (χ4n) is 2.71. The maximum absolute atomic E-state index is 11.9. The van der Waals surface area contributed by atoms with Crippen LogP contribution < -0.4 is 10.5 Å². The van der Waals surface area contributed by atoms with Crippen molar-refractivity contribution in [2.75, 3.05) is 25.5 Å². The fraction of sp³-hybridized carbons (Fsp3) is 1.00. The Labute approximate surface area is 111 Å². The predicted octanol–water partition coefficient (Wildman–Crippen LogP) is 0.706. The first-order valence-corrected chi connectivity index (χ1v) is 8.36. The van der Waals surface area contributed by atoms with Gasteiger partial charge in [0.15, 0.2) is 0 Å². The van der Waals surface area contributed by atoms with Crippen LogP contribution in [0.2, 0.25) is 0 Å². The van der Waals surface area contributed by atoms with Gasteiger partial charge < -0.3 is 10.5 Å². The normalized spacial score (nSPS) is 29.4. The highest BCUT2D eigenvalue weighted by Gasteiger charge is 2.26. The van der Waals surface area contributed by atoms with Crippen molar-refractivity contribution in [2.24, 2.45) is 17.6 Å². The first kappa shape index (κ1) is 15.9. The standard InChI is InChI=1S/C12H26N2O3S/c1-10-7-11(2)9-12(8-10)14-18(15,16)6-5-17-4-3-13/h10-12,14H,3-9,13H2,1-2H3. The zero-order chi connectivity index (χ0) is 13.6. The third-order valence-electron chi connectivity index (χ3n) is 3.28. The second-order valence-electron chi connectivity index (χ2n) is 5.45. The third-order valence-corrected chi connectivity index (χ3v) is 4.68. The van der Waals surface area contributed by atoms with E-state index in [2.05, 4.69) is 18.6 Å². The SMILES string of the molecule is CC1CC(C)CC(NS(=O)(=O)CCOCCN)C1. The van der Waals surface area contributed by atoms with Crippen molar-refractivity contribution >= 4 is 10.0 Å². The van der Waals surface area contributed by atoms with Crippen molar-refractivity contribution in [3.8, 4) is 0 Å². The van der Waals surface area contributed by atoms with E-state index >= 15 is 0 Å².